The molecule has 2 aromatic heterocycles. The van der Waals surface area contributed by atoms with Crippen molar-refractivity contribution in [1.29, 1.82) is 0 Å². The van der Waals surface area contributed by atoms with Gasteiger partial charge in [0.1, 0.15) is 5.56 Å². The second-order valence-electron chi connectivity index (χ2n) is 4.56. The second-order valence-corrected chi connectivity index (χ2v) is 5.88. The molecule has 0 aliphatic carbocycles. The van der Waals surface area contributed by atoms with Crippen molar-refractivity contribution in [1.82, 2.24) is 14.8 Å². The maximum absolute atomic E-state index is 11.4. The fourth-order valence-corrected chi connectivity index (χ4v) is 2.67. The molecule has 2 rings (SSSR count). The largest absolute Gasteiger partial charge is 0.478 e. The molecule has 0 aliphatic rings. The summed E-state index contributed by atoms with van der Waals surface area (Å²) in [6.07, 6.45) is 3.03. The Morgan fingerprint density at radius 1 is 1.55 bits per heavy atom. The van der Waals surface area contributed by atoms with Gasteiger partial charge >= 0.3 is 5.97 Å². The number of rotatable bonds is 6. The normalized spacial score (nSPS) is 12.6. The Bertz CT molecular complexity index is 626. The number of hydrogen-bond acceptors (Lipinski definition) is 5. The number of anilines is 1. The Balaban J connectivity index is 2.41. The van der Waals surface area contributed by atoms with Crippen LogP contribution in [0.25, 0.3) is 11.0 Å². The van der Waals surface area contributed by atoms with Gasteiger partial charge in [-0.1, -0.05) is 6.92 Å². The van der Waals surface area contributed by atoms with Crippen LogP contribution in [0.3, 0.4) is 0 Å². The number of nitrogens with zero attached hydrogens (tertiary/aromatic N) is 3. The van der Waals surface area contributed by atoms with Gasteiger partial charge in [0.25, 0.3) is 0 Å². The van der Waals surface area contributed by atoms with Gasteiger partial charge in [0.15, 0.2) is 5.65 Å². The highest BCUT2D eigenvalue weighted by atomic mass is 32.2. The second kappa shape index (κ2) is 6.13. The van der Waals surface area contributed by atoms with Crippen LogP contribution in [0.5, 0.6) is 0 Å². The van der Waals surface area contributed by atoms with E-state index in [1.54, 1.807) is 17.9 Å². The van der Waals surface area contributed by atoms with E-state index in [1.807, 2.05) is 18.7 Å². The molecule has 6 nitrogen and oxygen atoms in total. The minimum absolute atomic E-state index is 0.170. The van der Waals surface area contributed by atoms with Gasteiger partial charge in [-0.3, -0.25) is 4.68 Å². The molecule has 20 heavy (non-hydrogen) atoms. The van der Waals surface area contributed by atoms with Gasteiger partial charge in [-0.15, -0.1) is 0 Å². The van der Waals surface area contributed by atoms with Crippen LogP contribution in [0.2, 0.25) is 0 Å². The maximum Gasteiger partial charge on any atom is 0.339 e. The molecule has 0 amide bonds. The molecule has 2 aromatic rings. The zero-order valence-corrected chi connectivity index (χ0v) is 12.6. The highest BCUT2D eigenvalue weighted by Gasteiger charge is 2.18. The summed E-state index contributed by atoms with van der Waals surface area (Å²) < 4.78 is 1.64. The standard InChI is InChI=1S/C13H18N4O2S/c1-4-20-7-8(2)16-11-9-6-15-17(3)12(9)14-5-10(11)13(18)19/h5-6,8H,4,7H2,1-3H3,(H,14,16)(H,18,19). The lowest BCUT2D eigenvalue weighted by molar-refractivity contribution is 0.0697. The third-order valence-electron chi connectivity index (χ3n) is 2.96. The van der Waals surface area contributed by atoms with Gasteiger partial charge in [-0.2, -0.15) is 16.9 Å². The van der Waals surface area contributed by atoms with Gasteiger partial charge in [-0.25, -0.2) is 9.78 Å². The molecule has 1 unspecified atom stereocenters. The van der Waals surface area contributed by atoms with Gasteiger partial charge in [0.2, 0.25) is 0 Å². The minimum atomic E-state index is -0.985. The van der Waals surface area contributed by atoms with Crippen LogP contribution in [0.4, 0.5) is 5.69 Å². The molecule has 7 heteroatoms. The first kappa shape index (κ1) is 14.6. The van der Waals surface area contributed by atoms with E-state index < -0.39 is 5.97 Å². The number of nitrogens with one attached hydrogen (secondary N) is 1. The van der Waals surface area contributed by atoms with Crippen molar-refractivity contribution in [2.75, 3.05) is 16.8 Å². The lowest BCUT2D eigenvalue weighted by Crippen LogP contribution is -2.20. The van der Waals surface area contributed by atoms with Crippen LogP contribution in [-0.2, 0) is 7.05 Å². The smallest absolute Gasteiger partial charge is 0.339 e. The summed E-state index contributed by atoms with van der Waals surface area (Å²) in [7, 11) is 1.79. The summed E-state index contributed by atoms with van der Waals surface area (Å²) in [6.45, 7) is 4.14. The van der Waals surface area contributed by atoms with Crippen LogP contribution < -0.4 is 5.32 Å². The molecule has 0 aliphatic heterocycles. The van der Waals surface area contributed by atoms with E-state index >= 15 is 0 Å². The minimum Gasteiger partial charge on any atom is -0.478 e. The summed E-state index contributed by atoms with van der Waals surface area (Å²) in [5, 5.41) is 17.5. The van der Waals surface area contributed by atoms with Crippen molar-refractivity contribution in [3.8, 4) is 0 Å². The first-order valence-electron chi connectivity index (χ1n) is 6.42. The fraction of sp³-hybridized carbons (Fsp3) is 0.462. The van der Waals surface area contributed by atoms with Crippen molar-refractivity contribution in [2.24, 2.45) is 7.05 Å². The quantitative estimate of drug-likeness (QED) is 0.850. The average Bonchev–Trinajstić information content (AvgIpc) is 2.78. The van der Waals surface area contributed by atoms with Gasteiger partial charge in [0, 0.05) is 25.0 Å². The Morgan fingerprint density at radius 2 is 2.30 bits per heavy atom. The molecule has 0 aromatic carbocycles. The summed E-state index contributed by atoms with van der Waals surface area (Å²) in [5.41, 5.74) is 1.45. The molecular weight excluding hydrogens is 276 g/mol. The van der Waals surface area contributed by atoms with E-state index in [9.17, 15) is 9.90 Å². The van der Waals surface area contributed by atoms with Crippen molar-refractivity contribution >= 4 is 34.5 Å². The van der Waals surface area contributed by atoms with Gasteiger partial charge < -0.3 is 10.4 Å². The number of carboxylic acids is 1. The van der Waals surface area contributed by atoms with Crippen LogP contribution in [0, 0.1) is 0 Å². The predicted molar refractivity (Wildman–Crippen MR) is 81.6 cm³/mol. The lowest BCUT2D eigenvalue weighted by atomic mass is 10.1. The van der Waals surface area contributed by atoms with Crippen LogP contribution in [0.1, 0.15) is 24.2 Å². The Labute approximate surface area is 121 Å². The van der Waals surface area contributed by atoms with E-state index in [4.69, 9.17) is 0 Å². The zero-order chi connectivity index (χ0) is 14.7. The SMILES string of the molecule is CCSCC(C)Nc1c(C(=O)O)cnc2c1cnn2C. The number of aromatic nitrogens is 3. The third-order valence-corrected chi connectivity index (χ3v) is 4.10. The molecule has 0 saturated heterocycles. The molecule has 0 radical (unpaired) electrons. The fourth-order valence-electron chi connectivity index (χ4n) is 2.00. The van der Waals surface area contributed by atoms with E-state index in [0.29, 0.717) is 11.3 Å². The van der Waals surface area contributed by atoms with E-state index in [2.05, 4.69) is 22.3 Å². The van der Waals surface area contributed by atoms with E-state index in [1.165, 1.54) is 6.20 Å². The molecule has 2 N–H and O–H groups in total. The molecule has 1 atom stereocenters. The first-order valence-corrected chi connectivity index (χ1v) is 7.58. The van der Waals surface area contributed by atoms with Crippen molar-refractivity contribution in [3.63, 3.8) is 0 Å². The molecule has 0 fully saturated rings. The Hall–Kier alpha value is -1.76. The Morgan fingerprint density at radius 3 is 2.95 bits per heavy atom. The van der Waals surface area contributed by atoms with Gasteiger partial charge in [-0.05, 0) is 12.7 Å². The number of aromatic carboxylic acids is 1. The summed E-state index contributed by atoms with van der Waals surface area (Å²) in [5.74, 6) is 0.969. The van der Waals surface area contributed by atoms with Crippen molar-refractivity contribution in [2.45, 2.75) is 19.9 Å². The van der Waals surface area contributed by atoms with Crippen LogP contribution in [-0.4, -0.2) is 43.4 Å². The number of carbonyl (C=O) groups is 1. The molecule has 0 bridgehead atoms. The summed E-state index contributed by atoms with van der Waals surface area (Å²) in [6, 6.07) is 0.170. The Kier molecular flexibility index (Phi) is 4.49. The number of fused-ring (bicyclic) bond motifs is 1. The summed E-state index contributed by atoms with van der Waals surface area (Å²) in [4.78, 5) is 15.5. The van der Waals surface area contributed by atoms with E-state index in [-0.39, 0.29) is 11.6 Å². The number of pyridine rings is 1. The van der Waals surface area contributed by atoms with Crippen molar-refractivity contribution < 1.29 is 9.90 Å². The first-order chi connectivity index (χ1) is 9.54. The molecule has 0 saturated carbocycles. The molecule has 0 spiro atoms. The van der Waals surface area contributed by atoms with Crippen molar-refractivity contribution in [3.05, 3.63) is 18.0 Å². The molecule has 2 heterocycles. The maximum atomic E-state index is 11.4. The average molecular weight is 294 g/mol. The number of thioether (sulfide) groups is 1. The van der Waals surface area contributed by atoms with Crippen LogP contribution in [0.15, 0.2) is 12.4 Å². The van der Waals surface area contributed by atoms with Crippen LogP contribution >= 0.6 is 11.8 Å². The highest BCUT2D eigenvalue weighted by Crippen LogP contribution is 2.26. The summed E-state index contributed by atoms with van der Waals surface area (Å²) >= 11 is 1.81. The topological polar surface area (TPSA) is 80.0 Å². The third kappa shape index (κ3) is 2.87. The lowest BCUT2D eigenvalue weighted by Gasteiger charge is -2.17. The molecule has 108 valence electrons. The van der Waals surface area contributed by atoms with Gasteiger partial charge in [0.05, 0.1) is 17.3 Å². The highest BCUT2D eigenvalue weighted by molar-refractivity contribution is 7.99. The predicted octanol–water partition coefficient (Wildman–Crippen LogP) is 2.22. The molecular formula is C13H18N4O2S. The number of aryl methyl sites for hydroxylation is 1. The number of hydrogen-bond donors (Lipinski definition) is 2. The number of carboxylic acid groups (broad SMARTS) is 1. The monoisotopic (exact) mass is 294 g/mol. The zero-order valence-electron chi connectivity index (χ0n) is 11.8. The van der Waals surface area contributed by atoms with E-state index in [0.717, 1.165) is 16.9 Å².